The van der Waals surface area contributed by atoms with Gasteiger partial charge < -0.3 is 16.4 Å². The van der Waals surface area contributed by atoms with Crippen molar-refractivity contribution in [2.24, 2.45) is 5.73 Å². The SMILES string of the molecule is NC(=O)c1cccc(NC(=O)[C@@H](Cc2ccccc2)NC(=O)c2ccccc2)c1. The maximum atomic E-state index is 12.9. The van der Waals surface area contributed by atoms with Crippen molar-refractivity contribution in [3.63, 3.8) is 0 Å². The third-order valence-electron chi connectivity index (χ3n) is 4.36. The highest BCUT2D eigenvalue weighted by molar-refractivity contribution is 6.02. The van der Waals surface area contributed by atoms with Crippen LogP contribution >= 0.6 is 0 Å². The molecule has 29 heavy (non-hydrogen) atoms. The molecule has 0 heterocycles. The molecular weight excluding hydrogens is 366 g/mol. The number of nitrogens with two attached hydrogens (primary N) is 1. The van der Waals surface area contributed by atoms with Gasteiger partial charge in [-0.1, -0.05) is 54.6 Å². The van der Waals surface area contributed by atoms with Gasteiger partial charge in [0.2, 0.25) is 11.8 Å². The first-order valence-corrected chi connectivity index (χ1v) is 9.13. The second-order valence-electron chi connectivity index (χ2n) is 6.52. The Morgan fingerprint density at radius 2 is 1.41 bits per heavy atom. The zero-order chi connectivity index (χ0) is 20.6. The summed E-state index contributed by atoms with van der Waals surface area (Å²) in [5, 5.41) is 5.55. The van der Waals surface area contributed by atoms with Crippen LogP contribution in [-0.4, -0.2) is 23.8 Å². The Balaban J connectivity index is 1.79. The molecule has 0 aliphatic rings. The van der Waals surface area contributed by atoms with E-state index in [1.54, 1.807) is 42.5 Å². The number of nitrogens with one attached hydrogen (secondary N) is 2. The van der Waals surface area contributed by atoms with E-state index in [0.717, 1.165) is 5.56 Å². The Hall–Kier alpha value is -3.93. The van der Waals surface area contributed by atoms with Crippen LogP contribution in [0.15, 0.2) is 84.9 Å². The van der Waals surface area contributed by atoms with Crippen molar-refractivity contribution in [3.8, 4) is 0 Å². The summed E-state index contributed by atoms with van der Waals surface area (Å²) >= 11 is 0. The van der Waals surface area contributed by atoms with Crippen LogP contribution in [0, 0.1) is 0 Å². The van der Waals surface area contributed by atoms with Crippen molar-refractivity contribution >= 4 is 23.4 Å². The van der Waals surface area contributed by atoms with E-state index in [1.807, 2.05) is 36.4 Å². The van der Waals surface area contributed by atoms with Crippen LogP contribution < -0.4 is 16.4 Å². The highest BCUT2D eigenvalue weighted by Crippen LogP contribution is 2.12. The van der Waals surface area contributed by atoms with Gasteiger partial charge in [-0.3, -0.25) is 14.4 Å². The molecule has 0 bridgehead atoms. The number of benzene rings is 3. The van der Waals surface area contributed by atoms with Crippen LogP contribution in [0.25, 0.3) is 0 Å². The van der Waals surface area contributed by atoms with Gasteiger partial charge in [0.1, 0.15) is 6.04 Å². The monoisotopic (exact) mass is 387 g/mol. The number of hydrogen-bond acceptors (Lipinski definition) is 3. The Morgan fingerprint density at radius 1 is 0.793 bits per heavy atom. The average Bonchev–Trinajstić information content (AvgIpc) is 2.74. The molecule has 0 aliphatic carbocycles. The fraction of sp³-hybridized carbons (Fsp3) is 0.0870. The molecule has 0 aromatic heterocycles. The lowest BCUT2D eigenvalue weighted by molar-refractivity contribution is -0.118. The first-order valence-electron chi connectivity index (χ1n) is 9.13. The third kappa shape index (κ3) is 5.52. The fourth-order valence-corrected chi connectivity index (χ4v) is 2.87. The minimum absolute atomic E-state index is 0.288. The Labute approximate surface area is 168 Å². The van der Waals surface area contributed by atoms with E-state index in [-0.39, 0.29) is 17.4 Å². The highest BCUT2D eigenvalue weighted by atomic mass is 16.2. The molecule has 0 spiro atoms. The first-order chi connectivity index (χ1) is 14.0. The molecule has 1 atom stereocenters. The molecule has 0 aliphatic heterocycles. The van der Waals surface area contributed by atoms with Crippen LogP contribution in [0.1, 0.15) is 26.3 Å². The fourth-order valence-electron chi connectivity index (χ4n) is 2.87. The largest absolute Gasteiger partial charge is 0.366 e. The molecule has 0 fully saturated rings. The minimum Gasteiger partial charge on any atom is -0.366 e. The van der Waals surface area contributed by atoms with E-state index in [9.17, 15) is 14.4 Å². The summed E-state index contributed by atoms with van der Waals surface area (Å²) in [6.07, 6.45) is 0.320. The molecule has 3 aromatic carbocycles. The molecule has 0 saturated carbocycles. The van der Waals surface area contributed by atoms with Crippen molar-refractivity contribution < 1.29 is 14.4 Å². The molecule has 0 saturated heterocycles. The van der Waals surface area contributed by atoms with Gasteiger partial charge in [-0.2, -0.15) is 0 Å². The minimum atomic E-state index is -0.803. The van der Waals surface area contributed by atoms with E-state index in [4.69, 9.17) is 5.73 Å². The van der Waals surface area contributed by atoms with E-state index in [1.165, 1.54) is 6.07 Å². The summed E-state index contributed by atoms with van der Waals surface area (Å²) in [5.74, 6) is -1.31. The lowest BCUT2D eigenvalue weighted by Crippen LogP contribution is -2.45. The van der Waals surface area contributed by atoms with Gasteiger partial charge in [0.25, 0.3) is 5.91 Å². The molecule has 6 nitrogen and oxygen atoms in total. The summed E-state index contributed by atoms with van der Waals surface area (Å²) in [4.78, 5) is 36.9. The molecular formula is C23H21N3O3. The molecule has 3 amide bonds. The number of primary amides is 1. The lowest BCUT2D eigenvalue weighted by Gasteiger charge is -2.19. The topological polar surface area (TPSA) is 101 Å². The smallest absolute Gasteiger partial charge is 0.251 e. The van der Waals surface area contributed by atoms with Gasteiger partial charge in [-0.15, -0.1) is 0 Å². The van der Waals surface area contributed by atoms with Crippen LogP contribution in [0.3, 0.4) is 0 Å². The van der Waals surface area contributed by atoms with Crippen molar-refractivity contribution in [1.82, 2.24) is 5.32 Å². The predicted molar refractivity (Wildman–Crippen MR) is 111 cm³/mol. The van der Waals surface area contributed by atoms with E-state index < -0.39 is 11.9 Å². The number of hydrogen-bond donors (Lipinski definition) is 3. The second-order valence-corrected chi connectivity index (χ2v) is 6.52. The molecule has 6 heteroatoms. The molecule has 3 rings (SSSR count). The highest BCUT2D eigenvalue weighted by Gasteiger charge is 2.22. The Kier molecular flexibility index (Phi) is 6.37. The third-order valence-corrected chi connectivity index (χ3v) is 4.36. The summed E-state index contributed by atoms with van der Waals surface area (Å²) in [6, 6.07) is 23.7. The predicted octanol–water partition coefficient (Wildman–Crippen LogP) is 2.77. The maximum Gasteiger partial charge on any atom is 0.251 e. The van der Waals surface area contributed by atoms with Crippen molar-refractivity contribution in [1.29, 1.82) is 0 Å². The van der Waals surface area contributed by atoms with E-state index in [2.05, 4.69) is 10.6 Å². The number of anilines is 1. The Bertz CT molecular complexity index is 1000. The summed E-state index contributed by atoms with van der Waals surface area (Å²) in [5.41, 5.74) is 7.39. The summed E-state index contributed by atoms with van der Waals surface area (Å²) in [6.45, 7) is 0. The second kappa shape index (κ2) is 9.32. The maximum absolute atomic E-state index is 12.9. The van der Waals surface area contributed by atoms with Gasteiger partial charge in [-0.05, 0) is 35.9 Å². The van der Waals surface area contributed by atoms with Gasteiger partial charge in [-0.25, -0.2) is 0 Å². The first kappa shape index (κ1) is 19.8. The molecule has 0 radical (unpaired) electrons. The van der Waals surface area contributed by atoms with E-state index in [0.29, 0.717) is 17.7 Å². The van der Waals surface area contributed by atoms with Gasteiger partial charge in [0, 0.05) is 23.2 Å². The van der Waals surface area contributed by atoms with Crippen molar-refractivity contribution in [2.75, 3.05) is 5.32 Å². The number of amides is 3. The van der Waals surface area contributed by atoms with Crippen LogP contribution in [0.4, 0.5) is 5.69 Å². The standard InChI is InChI=1S/C23H21N3O3/c24-21(27)18-12-7-13-19(15-18)25-23(29)20(14-16-8-3-1-4-9-16)26-22(28)17-10-5-2-6-11-17/h1-13,15,20H,14H2,(H2,24,27)(H,25,29)(H,26,28)/t20-/m1/s1. The molecule has 146 valence electrons. The molecule has 4 N–H and O–H groups in total. The zero-order valence-corrected chi connectivity index (χ0v) is 15.7. The quantitative estimate of drug-likeness (QED) is 0.581. The summed E-state index contributed by atoms with van der Waals surface area (Å²) in [7, 11) is 0. The van der Waals surface area contributed by atoms with Crippen LogP contribution in [-0.2, 0) is 11.2 Å². The number of carbonyl (C=O) groups excluding carboxylic acids is 3. The molecule has 0 unspecified atom stereocenters. The van der Waals surface area contributed by atoms with Crippen LogP contribution in [0.2, 0.25) is 0 Å². The zero-order valence-electron chi connectivity index (χ0n) is 15.7. The van der Waals surface area contributed by atoms with Crippen LogP contribution in [0.5, 0.6) is 0 Å². The van der Waals surface area contributed by atoms with Gasteiger partial charge >= 0.3 is 0 Å². The number of carbonyl (C=O) groups is 3. The van der Waals surface area contributed by atoms with Gasteiger partial charge in [0.05, 0.1) is 0 Å². The number of rotatable bonds is 7. The van der Waals surface area contributed by atoms with Crippen molar-refractivity contribution in [2.45, 2.75) is 12.5 Å². The molecule has 3 aromatic rings. The van der Waals surface area contributed by atoms with Crippen molar-refractivity contribution in [3.05, 3.63) is 102 Å². The normalized spacial score (nSPS) is 11.3. The van der Waals surface area contributed by atoms with E-state index >= 15 is 0 Å². The lowest BCUT2D eigenvalue weighted by atomic mass is 10.0. The summed E-state index contributed by atoms with van der Waals surface area (Å²) < 4.78 is 0. The average molecular weight is 387 g/mol. The Morgan fingerprint density at radius 3 is 2.07 bits per heavy atom. The van der Waals surface area contributed by atoms with Gasteiger partial charge in [0.15, 0.2) is 0 Å².